The van der Waals surface area contributed by atoms with Gasteiger partial charge in [0.25, 0.3) is 0 Å². The van der Waals surface area contributed by atoms with Gasteiger partial charge in [0.15, 0.2) is 0 Å². The molecule has 1 aromatic carbocycles. The average Bonchev–Trinajstić information content (AvgIpc) is 2.47. The van der Waals surface area contributed by atoms with Crippen molar-refractivity contribution in [2.24, 2.45) is 0 Å². The second-order valence-corrected chi connectivity index (χ2v) is 6.05. The van der Waals surface area contributed by atoms with E-state index in [0.717, 1.165) is 37.1 Å². The molecule has 0 bridgehead atoms. The quantitative estimate of drug-likeness (QED) is 0.904. The molecule has 0 saturated carbocycles. The van der Waals surface area contributed by atoms with E-state index < -0.39 is 5.97 Å². The van der Waals surface area contributed by atoms with E-state index in [-0.39, 0.29) is 6.04 Å². The lowest BCUT2D eigenvalue weighted by Gasteiger charge is -2.33. The highest BCUT2D eigenvalue weighted by atomic mass is 16.5. The Labute approximate surface area is 126 Å². The van der Waals surface area contributed by atoms with Gasteiger partial charge in [0.05, 0.1) is 7.11 Å². The van der Waals surface area contributed by atoms with E-state index in [1.54, 1.807) is 7.11 Å². The van der Waals surface area contributed by atoms with Crippen LogP contribution in [0.4, 0.5) is 0 Å². The van der Waals surface area contributed by atoms with Crippen LogP contribution in [0.1, 0.15) is 50.2 Å². The molecule has 0 radical (unpaired) electrons. The smallest absolute Gasteiger partial charge is 0.320 e. The molecule has 1 atom stereocenters. The van der Waals surface area contributed by atoms with E-state index >= 15 is 0 Å². The number of aliphatic carboxylic acids is 1. The lowest BCUT2D eigenvalue weighted by molar-refractivity contribution is -0.144. The van der Waals surface area contributed by atoms with Crippen molar-refractivity contribution in [1.82, 2.24) is 4.90 Å². The lowest BCUT2D eigenvalue weighted by Crippen LogP contribution is -2.44. The standard InChI is InChI=1S/C17H25NO3/c1-12(2)13-7-8-14(16(10-13)21-3)11-18-9-5-4-6-15(18)17(19)20/h7-8,10,12,15H,4-6,9,11H2,1-3H3,(H,19,20). The van der Waals surface area contributed by atoms with Gasteiger partial charge in [0.2, 0.25) is 0 Å². The van der Waals surface area contributed by atoms with Crippen molar-refractivity contribution >= 4 is 5.97 Å². The maximum Gasteiger partial charge on any atom is 0.320 e. The molecule has 1 aliphatic heterocycles. The molecule has 21 heavy (non-hydrogen) atoms. The van der Waals surface area contributed by atoms with Crippen molar-refractivity contribution in [3.63, 3.8) is 0 Å². The van der Waals surface area contributed by atoms with Gasteiger partial charge in [-0.25, -0.2) is 0 Å². The summed E-state index contributed by atoms with van der Waals surface area (Å²) in [4.78, 5) is 13.4. The SMILES string of the molecule is COc1cc(C(C)C)ccc1CN1CCCCC1C(=O)O. The first-order valence-corrected chi connectivity index (χ1v) is 7.66. The van der Waals surface area contributed by atoms with Gasteiger partial charge in [0, 0.05) is 12.1 Å². The van der Waals surface area contributed by atoms with E-state index in [4.69, 9.17) is 4.74 Å². The van der Waals surface area contributed by atoms with Crippen molar-refractivity contribution < 1.29 is 14.6 Å². The molecule has 1 heterocycles. The summed E-state index contributed by atoms with van der Waals surface area (Å²) in [5.74, 6) is 0.595. The van der Waals surface area contributed by atoms with Crippen LogP contribution in [0.15, 0.2) is 18.2 Å². The fraction of sp³-hybridized carbons (Fsp3) is 0.588. The molecule has 116 valence electrons. The van der Waals surface area contributed by atoms with Gasteiger partial charge < -0.3 is 9.84 Å². The Morgan fingerprint density at radius 1 is 1.43 bits per heavy atom. The highest BCUT2D eigenvalue weighted by Gasteiger charge is 2.28. The van der Waals surface area contributed by atoms with E-state index in [9.17, 15) is 9.90 Å². The largest absolute Gasteiger partial charge is 0.496 e. The molecule has 0 amide bonds. The van der Waals surface area contributed by atoms with Crippen molar-refractivity contribution in [3.8, 4) is 5.75 Å². The highest BCUT2D eigenvalue weighted by molar-refractivity contribution is 5.73. The summed E-state index contributed by atoms with van der Waals surface area (Å²) < 4.78 is 5.50. The van der Waals surface area contributed by atoms with Crippen LogP contribution in [-0.4, -0.2) is 35.7 Å². The van der Waals surface area contributed by atoms with Crippen molar-refractivity contribution in [3.05, 3.63) is 29.3 Å². The summed E-state index contributed by atoms with van der Waals surface area (Å²) in [6, 6.07) is 5.89. The first-order valence-electron chi connectivity index (χ1n) is 7.66. The number of carboxylic acid groups (broad SMARTS) is 1. The number of methoxy groups -OCH3 is 1. The predicted octanol–water partition coefficient (Wildman–Crippen LogP) is 3.26. The Bertz CT molecular complexity index is 499. The first kappa shape index (κ1) is 15.8. The van der Waals surface area contributed by atoms with Crippen LogP contribution in [0, 0.1) is 0 Å². The summed E-state index contributed by atoms with van der Waals surface area (Å²) in [5, 5.41) is 9.36. The fourth-order valence-electron chi connectivity index (χ4n) is 2.93. The molecule has 0 aliphatic carbocycles. The fourth-order valence-corrected chi connectivity index (χ4v) is 2.93. The van der Waals surface area contributed by atoms with Gasteiger partial charge in [0.1, 0.15) is 11.8 Å². The molecular weight excluding hydrogens is 266 g/mol. The molecule has 1 saturated heterocycles. The summed E-state index contributed by atoms with van der Waals surface area (Å²) in [6.07, 6.45) is 2.80. The van der Waals surface area contributed by atoms with Crippen molar-refractivity contribution in [1.29, 1.82) is 0 Å². The minimum atomic E-state index is -0.715. The zero-order valence-electron chi connectivity index (χ0n) is 13.1. The third kappa shape index (κ3) is 3.76. The van der Waals surface area contributed by atoms with E-state index in [1.165, 1.54) is 5.56 Å². The van der Waals surface area contributed by atoms with Crippen LogP contribution in [0.5, 0.6) is 5.75 Å². The normalized spacial score (nSPS) is 19.7. The minimum absolute atomic E-state index is 0.367. The number of piperidine rings is 1. The van der Waals surface area contributed by atoms with Crippen LogP contribution in [-0.2, 0) is 11.3 Å². The Hall–Kier alpha value is -1.55. The number of benzene rings is 1. The second-order valence-electron chi connectivity index (χ2n) is 6.05. The summed E-state index contributed by atoms with van der Waals surface area (Å²) in [7, 11) is 1.67. The van der Waals surface area contributed by atoms with Gasteiger partial charge in [-0.2, -0.15) is 0 Å². The van der Waals surface area contributed by atoms with E-state index in [2.05, 4.69) is 36.9 Å². The Morgan fingerprint density at radius 3 is 2.81 bits per heavy atom. The third-order valence-corrected chi connectivity index (χ3v) is 4.25. The number of likely N-dealkylation sites (tertiary alicyclic amines) is 1. The second kappa shape index (κ2) is 6.94. The molecule has 1 unspecified atom stereocenters. The van der Waals surface area contributed by atoms with Crippen LogP contribution >= 0.6 is 0 Å². The number of rotatable bonds is 5. The molecule has 1 aromatic rings. The maximum absolute atomic E-state index is 11.4. The van der Waals surface area contributed by atoms with Gasteiger partial charge in [-0.3, -0.25) is 9.69 Å². The molecular formula is C17H25NO3. The third-order valence-electron chi connectivity index (χ3n) is 4.25. The average molecular weight is 291 g/mol. The molecule has 4 heteroatoms. The molecule has 4 nitrogen and oxygen atoms in total. The number of ether oxygens (including phenoxy) is 1. The number of nitrogens with zero attached hydrogens (tertiary/aromatic N) is 1. The highest BCUT2D eigenvalue weighted by Crippen LogP contribution is 2.28. The molecule has 0 spiro atoms. The molecule has 2 rings (SSSR count). The van der Waals surface area contributed by atoms with Gasteiger partial charge in [-0.15, -0.1) is 0 Å². The number of hydrogen-bond acceptors (Lipinski definition) is 3. The number of carbonyl (C=O) groups is 1. The Morgan fingerprint density at radius 2 is 2.19 bits per heavy atom. The van der Waals surface area contributed by atoms with Crippen molar-refractivity contribution in [2.45, 2.75) is 51.6 Å². The monoisotopic (exact) mass is 291 g/mol. The van der Waals surface area contributed by atoms with Gasteiger partial charge in [-0.1, -0.05) is 32.4 Å². The predicted molar refractivity (Wildman–Crippen MR) is 82.8 cm³/mol. The van der Waals surface area contributed by atoms with Gasteiger partial charge >= 0.3 is 5.97 Å². The summed E-state index contributed by atoms with van der Waals surface area (Å²) >= 11 is 0. The molecule has 0 aromatic heterocycles. The lowest BCUT2D eigenvalue weighted by atomic mass is 9.98. The van der Waals surface area contributed by atoms with Crippen molar-refractivity contribution in [2.75, 3.05) is 13.7 Å². The molecule has 1 aliphatic rings. The number of carboxylic acids is 1. The maximum atomic E-state index is 11.4. The van der Waals surface area contributed by atoms with Crippen LogP contribution in [0.2, 0.25) is 0 Å². The van der Waals surface area contributed by atoms with Crippen LogP contribution in [0.3, 0.4) is 0 Å². The number of hydrogen-bond donors (Lipinski definition) is 1. The van der Waals surface area contributed by atoms with Gasteiger partial charge in [-0.05, 0) is 36.9 Å². The summed E-state index contributed by atoms with van der Waals surface area (Å²) in [6.45, 7) is 5.78. The first-order chi connectivity index (χ1) is 10.0. The zero-order chi connectivity index (χ0) is 15.4. The van der Waals surface area contributed by atoms with Crippen LogP contribution in [0.25, 0.3) is 0 Å². The minimum Gasteiger partial charge on any atom is -0.496 e. The zero-order valence-corrected chi connectivity index (χ0v) is 13.1. The Kier molecular flexibility index (Phi) is 5.23. The molecule has 1 fully saturated rings. The summed E-state index contributed by atoms with van der Waals surface area (Å²) in [5.41, 5.74) is 2.30. The van der Waals surface area contributed by atoms with Crippen LogP contribution < -0.4 is 4.74 Å². The Balaban J connectivity index is 2.19. The molecule has 1 N–H and O–H groups in total. The van der Waals surface area contributed by atoms with E-state index in [0.29, 0.717) is 12.5 Å². The topological polar surface area (TPSA) is 49.8 Å². The van der Waals surface area contributed by atoms with E-state index in [1.807, 2.05) is 0 Å².